The smallest absolute Gasteiger partial charge is 0.246 e. The minimum atomic E-state index is -0.0230. The molecule has 0 bridgehead atoms. The number of carbonyl (C=O) groups is 2. The normalized spacial score (nSPS) is 17.8. The quantitative estimate of drug-likeness (QED) is 0.865. The lowest BCUT2D eigenvalue weighted by Gasteiger charge is -2.22. The second-order valence-electron chi connectivity index (χ2n) is 6.43. The molecule has 0 atom stereocenters. The molecule has 0 unspecified atom stereocenters. The predicted octanol–water partition coefficient (Wildman–Crippen LogP) is 1.47. The average Bonchev–Trinajstić information content (AvgIpc) is 3.03. The first kappa shape index (κ1) is 16.0. The Hall–Kier alpha value is -1.88. The van der Waals surface area contributed by atoms with Gasteiger partial charge >= 0.3 is 0 Å². The summed E-state index contributed by atoms with van der Waals surface area (Å²) in [5, 5.41) is 6.12. The van der Waals surface area contributed by atoms with Gasteiger partial charge in [-0.2, -0.15) is 0 Å². The number of benzene rings is 1. The molecule has 0 radical (unpaired) electrons. The fraction of sp³-hybridized carbons (Fsp3) is 0.556. The van der Waals surface area contributed by atoms with E-state index < -0.39 is 0 Å². The van der Waals surface area contributed by atoms with Gasteiger partial charge in [-0.25, -0.2) is 0 Å². The summed E-state index contributed by atoms with van der Waals surface area (Å²) in [6, 6.07) is 7.97. The van der Waals surface area contributed by atoms with Gasteiger partial charge in [0.2, 0.25) is 11.8 Å². The first-order chi connectivity index (χ1) is 11.2. The van der Waals surface area contributed by atoms with Crippen LogP contribution in [0.25, 0.3) is 0 Å². The number of hydrogen-bond donors (Lipinski definition) is 2. The molecule has 2 heterocycles. The Bertz CT molecular complexity index is 567. The van der Waals surface area contributed by atoms with Crippen molar-refractivity contribution in [2.24, 2.45) is 5.92 Å². The number of amides is 2. The van der Waals surface area contributed by atoms with Crippen molar-refractivity contribution in [2.45, 2.75) is 32.1 Å². The Morgan fingerprint density at radius 2 is 2.00 bits per heavy atom. The summed E-state index contributed by atoms with van der Waals surface area (Å²) in [7, 11) is 0. The summed E-state index contributed by atoms with van der Waals surface area (Å²) >= 11 is 0. The fourth-order valence-electron chi connectivity index (χ4n) is 3.46. The molecule has 124 valence electrons. The molecule has 0 aliphatic carbocycles. The van der Waals surface area contributed by atoms with Gasteiger partial charge in [0.15, 0.2) is 0 Å². The van der Waals surface area contributed by atoms with E-state index in [2.05, 4.69) is 16.7 Å². The third kappa shape index (κ3) is 4.10. The van der Waals surface area contributed by atoms with Crippen LogP contribution >= 0.6 is 0 Å². The molecule has 2 N–H and O–H groups in total. The number of carbonyl (C=O) groups excluding carboxylic acids is 2. The van der Waals surface area contributed by atoms with Crippen molar-refractivity contribution in [3.63, 3.8) is 0 Å². The Labute approximate surface area is 137 Å². The van der Waals surface area contributed by atoms with Gasteiger partial charge in [0.1, 0.15) is 0 Å². The maximum atomic E-state index is 12.3. The molecule has 23 heavy (non-hydrogen) atoms. The van der Waals surface area contributed by atoms with Crippen molar-refractivity contribution in [3.05, 3.63) is 29.8 Å². The lowest BCUT2D eigenvalue weighted by molar-refractivity contribution is -0.125. The standard InChI is InChI=1S/C18H25N3O2/c22-17(6-5-14-7-10-19-11-8-14)20-13-18(23)21-12-9-15-3-1-2-4-16(15)21/h1-4,14,19H,5-13H2,(H,20,22). The summed E-state index contributed by atoms with van der Waals surface area (Å²) in [5.41, 5.74) is 2.19. The van der Waals surface area contributed by atoms with Gasteiger partial charge in [-0.05, 0) is 56.3 Å². The van der Waals surface area contributed by atoms with E-state index in [9.17, 15) is 9.59 Å². The van der Waals surface area contributed by atoms with Gasteiger partial charge in [0, 0.05) is 18.7 Å². The highest BCUT2D eigenvalue weighted by Gasteiger charge is 2.24. The molecule has 5 nitrogen and oxygen atoms in total. The highest BCUT2D eigenvalue weighted by Crippen LogP contribution is 2.27. The molecule has 1 aromatic carbocycles. The summed E-state index contributed by atoms with van der Waals surface area (Å²) < 4.78 is 0. The first-order valence-corrected chi connectivity index (χ1v) is 8.60. The molecule has 0 saturated carbocycles. The third-order valence-corrected chi connectivity index (χ3v) is 4.86. The molecular weight excluding hydrogens is 290 g/mol. The molecule has 5 heteroatoms. The van der Waals surface area contributed by atoms with Gasteiger partial charge in [0.05, 0.1) is 6.54 Å². The fourth-order valence-corrected chi connectivity index (χ4v) is 3.46. The van der Waals surface area contributed by atoms with Gasteiger partial charge in [-0.3, -0.25) is 9.59 Å². The van der Waals surface area contributed by atoms with Crippen LogP contribution in [0.4, 0.5) is 5.69 Å². The number of hydrogen-bond acceptors (Lipinski definition) is 3. The van der Waals surface area contributed by atoms with Crippen molar-refractivity contribution in [1.29, 1.82) is 0 Å². The second kappa shape index (κ2) is 7.59. The van der Waals surface area contributed by atoms with E-state index in [0.29, 0.717) is 18.9 Å². The van der Waals surface area contributed by atoms with Gasteiger partial charge < -0.3 is 15.5 Å². The summed E-state index contributed by atoms with van der Waals surface area (Å²) in [5.74, 6) is 0.609. The molecule has 1 fully saturated rings. The zero-order valence-electron chi connectivity index (χ0n) is 13.5. The molecule has 2 aliphatic rings. The summed E-state index contributed by atoms with van der Waals surface area (Å²) in [6.45, 7) is 2.92. The van der Waals surface area contributed by atoms with E-state index in [0.717, 1.165) is 44.5 Å². The van der Waals surface area contributed by atoms with Crippen molar-refractivity contribution < 1.29 is 9.59 Å². The largest absolute Gasteiger partial charge is 0.347 e. The van der Waals surface area contributed by atoms with Gasteiger partial charge in [0.25, 0.3) is 0 Å². The van der Waals surface area contributed by atoms with E-state index in [1.54, 1.807) is 4.90 Å². The summed E-state index contributed by atoms with van der Waals surface area (Å²) in [4.78, 5) is 26.1. The van der Waals surface area contributed by atoms with Gasteiger partial charge in [-0.15, -0.1) is 0 Å². The van der Waals surface area contributed by atoms with Crippen LogP contribution in [0.15, 0.2) is 24.3 Å². The Kier molecular flexibility index (Phi) is 5.28. The van der Waals surface area contributed by atoms with Crippen molar-refractivity contribution >= 4 is 17.5 Å². The molecule has 1 saturated heterocycles. The maximum Gasteiger partial charge on any atom is 0.246 e. The van der Waals surface area contributed by atoms with Crippen LogP contribution in [0.2, 0.25) is 0 Å². The van der Waals surface area contributed by atoms with Crippen LogP contribution in [0.5, 0.6) is 0 Å². The van der Waals surface area contributed by atoms with E-state index in [1.807, 2.05) is 18.2 Å². The molecule has 0 spiro atoms. The Balaban J connectivity index is 1.41. The Morgan fingerprint density at radius 3 is 2.83 bits per heavy atom. The molecule has 0 aromatic heterocycles. The number of nitrogens with one attached hydrogen (secondary N) is 2. The highest BCUT2D eigenvalue weighted by molar-refractivity contribution is 5.98. The average molecular weight is 315 g/mol. The summed E-state index contributed by atoms with van der Waals surface area (Å²) in [6.07, 6.45) is 4.64. The van der Waals surface area contributed by atoms with Crippen LogP contribution in [-0.4, -0.2) is 38.0 Å². The minimum Gasteiger partial charge on any atom is -0.347 e. The maximum absolute atomic E-state index is 12.3. The Morgan fingerprint density at radius 1 is 1.22 bits per heavy atom. The zero-order chi connectivity index (χ0) is 16.1. The monoisotopic (exact) mass is 315 g/mol. The topological polar surface area (TPSA) is 61.4 Å². The zero-order valence-corrected chi connectivity index (χ0v) is 13.5. The van der Waals surface area contributed by atoms with Crippen molar-refractivity contribution in [3.8, 4) is 0 Å². The van der Waals surface area contributed by atoms with E-state index in [4.69, 9.17) is 0 Å². The van der Waals surface area contributed by atoms with E-state index in [-0.39, 0.29) is 18.4 Å². The molecule has 3 rings (SSSR count). The number of anilines is 1. The molecule has 1 aromatic rings. The van der Waals surface area contributed by atoms with Crippen LogP contribution in [0.1, 0.15) is 31.2 Å². The predicted molar refractivity (Wildman–Crippen MR) is 90.3 cm³/mol. The molecular formula is C18H25N3O2. The lowest BCUT2D eigenvalue weighted by Crippen LogP contribution is -2.39. The number of rotatable bonds is 5. The lowest BCUT2D eigenvalue weighted by atomic mass is 9.93. The van der Waals surface area contributed by atoms with Crippen molar-refractivity contribution in [1.82, 2.24) is 10.6 Å². The third-order valence-electron chi connectivity index (χ3n) is 4.86. The van der Waals surface area contributed by atoms with Crippen LogP contribution in [0.3, 0.4) is 0 Å². The minimum absolute atomic E-state index is 0.00985. The second-order valence-corrected chi connectivity index (χ2v) is 6.43. The number of fused-ring (bicyclic) bond motifs is 1. The van der Waals surface area contributed by atoms with Crippen molar-refractivity contribution in [2.75, 3.05) is 31.1 Å². The SMILES string of the molecule is O=C(CCC1CCNCC1)NCC(=O)N1CCc2ccccc21. The van der Waals surface area contributed by atoms with E-state index >= 15 is 0 Å². The van der Waals surface area contributed by atoms with Crippen LogP contribution in [0, 0.1) is 5.92 Å². The van der Waals surface area contributed by atoms with Gasteiger partial charge in [-0.1, -0.05) is 18.2 Å². The number of para-hydroxylation sites is 1. The number of piperidine rings is 1. The molecule has 2 aliphatic heterocycles. The van der Waals surface area contributed by atoms with Crippen LogP contribution < -0.4 is 15.5 Å². The molecule has 2 amide bonds. The van der Waals surface area contributed by atoms with Crippen LogP contribution in [-0.2, 0) is 16.0 Å². The first-order valence-electron chi connectivity index (χ1n) is 8.60. The van der Waals surface area contributed by atoms with E-state index in [1.165, 1.54) is 5.56 Å². The number of nitrogens with zero attached hydrogens (tertiary/aromatic N) is 1. The highest BCUT2D eigenvalue weighted by atomic mass is 16.2.